The van der Waals surface area contributed by atoms with Gasteiger partial charge in [-0.2, -0.15) is 18.4 Å². The molecule has 110 valence electrons. The first kappa shape index (κ1) is 14.7. The van der Waals surface area contributed by atoms with E-state index in [1.54, 1.807) is 19.1 Å². The van der Waals surface area contributed by atoms with Crippen LogP contribution >= 0.6 is 0 Å². The number of aryl methyl sites for hydroxylation is 1. The summed E-state index contributed by atoms with van der Waals surface area (Å²) >= 11 is 0. The molecule has 0 atom stereocenters. The molecular weight excluding hydrogens is 298 g/mol. The minimum Gasteiger partial charge on any atom is -0.460 e. The maximum atomic E-state index is 11.9. The zero-order valence-corrected chi connectivity index (χ0v) is 11.7. The van der Waals surface area contributed by atoms with Crippen LogP contribution in [0.25, 0.3) is 0 Å². The lowest BCUT2D eigenvalue weighted by atomic mass is 10.3. The summed E-state index contributed by atoms with van der Waals surface area (Å²) in [5.74, 6) is 1.08. The molecule has 0 saturated heterocycles. The number of sulfonamides is 1. The third-order valence-electron chi connectivity index (χ3n) is 2.48. The van der Waals surface area contributed by atoms with E-state index in [-0.39, 0.29) is 10.6 Å². The van der Waals surface area contributed by atoms with Gasteiger partial charge in [-0.05, 0) is 31.2 Å². The lowest BCUT2D eigenvalue weighted by Crippen LogP contribution is -2.18. The summed E-state index contributed by atoms with van der Waals surface area (Å²) in [5.41, 5.74) is -0.191. The number of hydrogen-bond donors (Lipinski definition) is 1. The van der Waals surface area contributed by atoms with E-state index in [4.69, 9.17) is 4.42 Å². The second kappa shape index (κ2) is 5.75. The maximum Gasteiger partial charge on any atom is 0.276 e. The fraction of sp³-hybridized carbons (Fsp3) is 0.0833. The van der Waals surface area contributed by atoms with Crippen molar-refractivity contribution in [2.75, 3.05) is 0 Å². The monoisotopic (exact) mass is 309 g/mol. The summed E-state index contributed by atoms with van der Waals surface area (Å²) in [6.45, 7) is 1.75. The van der Waals surface area contributed by atoms with Crippen molar-refractivity contribution in [1.29, 1.82) is 0 Å². The second-order valence-corrected chi connectivity index (χ2v) is 5.71. The molecule has 0 aliphatic rings. The van der Waals surface area contributed by atoms with Crippen molar-refractivity contribution in [3.63, 3.8) is 0 Å². The lowest BCUT2D eigenvalue weighted by molar-refractivity contribution is -0.384. The van der Waals surface area contributed by atoms with Crippen molar-refractivity contribution in [1.82, 2.24) is 4.83 Å². The zero-order chi connectivity index (χ0) is 15.5. The fourth-order valence-electron chi connectivity index (χ4n) is 1.48. The van der Waals surface area contributed by atoms with Gasteiger partial charge in [-0.15, -0.1) is 0 Å². The van der Waals surface area contributed by atoms with Crippen LogP contribution < -0.4 is 4.83 Å². The van der Waals surface area contributed by atoms with Gasteiger partial charge in [-0.1, -0.05) is 0 Å². The first-order valence-electron chi connectivity index (χ1n) is 5.74. The molecule has 1 heterocycles. The van der Waals surface area contributed by atoms with E-state index < -0.39 is 14.9 Å². The maximum absolute atomic E-state index is 11.9. The standard InChI is InChI=1S/C12H11N3O5S/c1-9-2-5-11(20-9)8-13-14-21(18,19)12-6-3-10(4-7-12)15(16)17/h2-8,14H,1H3/b13-8-. The molecule has 0 saturated carbocycles. The second-order valence-electron chi connectivity index (χ2n) is 4.05. The largest absolute Gasteiger partial charge is 0.460 e. The molecule has 0 fully saturated rings. The van der Waals surface area contributed by atoms with Gasteiger partial charge < -0.3 is 4.42 Å². The molecule has 2 rings (SSSR count). The number of hydrogen-bond acceptors (Lipinski definition) is 6. The van der Waals surface area contributed by atoms with E-state index in [0.717, 1.165) is 24.3 Å². The van der Waals surface area contributed by atoms with Gasteiger partial charge in [0.15, 0.2) is 0 Å². The minimum atomic E-state index is -3.88. The van der Waals surface area contributed by atoms with Crippen molar-refractivity contribution in [3.8, 4) is 0 Å². The Bertz CT molecular complexity index is 777. The molecular formula is C12H11N3O5S. The molecule has 9 heteroatoms. The quantitative estimate of drug-likeness (QED) is 0.514. The van der Waals surface area contributed by atoms with E-state index in [2.05, 4.69) is 5.10 Å². The van der Waals surface area contributed by atoms with Gasteiger partial charge >= 0.3 is 0 Å². The normalized spacial score (nSPS) is 11.7. The molecule has 1 aromatic carbocycles. The van der Waals surface area contributed by atoms with Gasteiger partial charge in [0, 0.05) is 12.1 Å². The first-order chi connectivity index (χ1) is 9.88. The summed E-state index contributed by atoms with van der Waals surface area (Å²) in [5, 5.41) is 14.1. The number of nitro benzene ring substituents is 1. The van der Waals surface area contributed by atoms with Gasteiger partial charge in [0.25, 0.3) is 15.7 Å². The highest BCUT2D eigenvalue weighted by atomic mass is 32.2. The molecule has 0 spiro atoms. The van der Waals surface area contributed by atoms with Crippen LogP contribution in [0.15, 0.2) is 50.8 Å². The van der Waals surface area contributed by atoms with E-state index in [1.165, 1.54) is 6.21 Å². The number of benzene rings is 1. The van der Waals surface area contributed by atoms with E-state index in [1.807, 2.05) is 4.83 Å². The Hall–Kier alpha value is -2.68. The van der Waals surface area contributed by atoms with Crippen molar-refractivity contribution in [2.24, 2.45) is 5.10 Å². The van der Waals surface area contributed by atoms with Crippen LogP contribution in [0.4, 0.5) is 5.69 Å². The highest BCUT2D eigenvalue weighted by molar-refractivity contribution is 7.89. The van der Waals surface area contributed by atoms with E-state index in [0.29, 0.717) is 11.5 Å². The SMILES string of the molecule is Cc1ccc(/C=N\NS(=O)(=O)c2ccc([N+](=O)[O-])cc2)o1. The molecule has 2 aromatic rings. The average Bonchev–Trinajstić information content (AvgIpc) is 2.84. The van der Waals surface area contributed by atoms with Gasteiger partial charge in [-0.3, -0.25) is 10.1 Å². The Morgan fingerprint density at radius 1 is 1.24 bits per heavy atom. The lowest BCUT2D eigenvalue weighted by Gasteiger charge is -2.02. The molecule has 8 nitrogen and oxygen atoms in total. The fourth-order valence-corrected chi connectivity index (χ4v) is 2.27. The topological polar surface area (TPSA) is 115 Å². The number of non-ortho nitro benzene ring substituents is 1. The molecule has 1 aromatic heterocycles. The molecule has 0 aliphatic carbocycles. The van der Waals surface area contributed by atoms with E-state index >= 15 is 0 Å². The van der Waals surface area contributed by atoms with E-state index in [9.17, 15) is 18.5 Å². The Morgan fingerprint density at radius 3 is 2.43 bits per heavy atom. The summed E-state index contributed by atoms with van der Waals surface area (Å²) < 4.78 is 29.0. The van der Waals surface area contributed by atoms with Gasteiger partial charge in [-0.25, -0.2) is 0 Å². The van der Waals surface area contributed by atoms with Crippen molar-refractivity contribution in [2.45, 2.75) is 11.8 Å². The summed E-state index contributed by atoms with van der Waals surface area (Å²) in [6, 6.07) is 7.83. The predicted octanol–water partition coefficient (Wildman–Crippen LogP) is 1.81. The molecule has 0 bridgehead atoms. The third kappa shape index (κ3) is 3.66. The first-order valence-corrected chi connectivity index (χ1v) is 7.22. The predicted molar refractivity (Wildman–Crippen MR) is 74.5 cm³/mol. The highest BCUT2D eigenvalue weighted by Gasteiger charge is 2.14. The van der Waals surface area contributed by atoms with Crippen LogP contribution in [0.2, 0.25) is 0 Å². The number of rotatable bonds is 5. The number of nitro groups is 1. The molecule has 0 radical (unpaired) electrons. The number of hydrazone groups is 1. The number of nitrogens with zero attached hydrogens (tertiary/aromatic N) is 2. The van der Waals surface area contributed by atoms with Crippen LogP contribution in [0.5, 0.6) is 0 Å². The Balaban J connectivity index is 2.11. The van der Waals surface area contributed by atoms with Crippen molar-refractivity contribution >= 4 is 21.9 Å². The number of furan rings is 1. The highest BCUT2D eigenvalue weighted by Crippen LogP contribution is 2.15. The van der Waals surface area contributed by atoms with Crippen LogP contribution in [-0.4, -0.2) is 19.6 Å². The minimum absolute atomic E-state index is 0.124. The van der Waals surface area contributed by atoms with Crippen molar-refractivity contribution < 1.29 is 17.8 Å². The molecule has 1 N–H and O–H groups in total. The van der Waals surface area contributed by atoms with Crippen LogP contribution in [-0.2, 0) is 10.0 Å². The summed E-state index contributed by atoms with van der Waals surface area (Å²) in [6.07, 6.45) is 1.22. The summed E-state index contributed by atoms with van der Waals surface area (Å²) in [4.78, 5) is 11.8. The molecule has 0 unspecified atom stereocenters. The average molecular weight is 309 g/mol. The Labute approximate surface area is 120 Å². The molecule has 0 aliphatic heterocycles. The van der Waals surface area contributed by atoms with Crippen LogP contribution in [0.1, 0.15) is 11.5 Å². The van der Waals surface area contributed by atoms with Gasteiger partial charge in [0.05, 0.1) is 16.0 Å². The summed E-state index contributed by atoms with van der Waals surface area (Å²) in [7, 11) is -3.88. The van der Waals surface area contributed by atoms with Gasteiger partial charge in [0.1, 0.15) is 11.5 Å². The Morgan fingerprint density at radius 2 is 1.90 bits per heavy atom. The van der Waals surface area contributed by atoms with Gasteiger partial charge in [0.2, 0.25) is 0 Å². The van der Waals surface area contributed by atoms with Crippen LogP contribution in [0, 0.1) is 17.0 Å². The Kier molecular flexibility index (Phi) is 4.03. The van der Waals surface area contributed by atoms with Crippen molar-refractivity contribution in [3.05, 3.63) is 58.0 Å². The third-order valence-corrected chi connectivity index (χ3v) is 3.72. The smallest absolute Gasteiger partial charge is 0.276 e. The number of nitrogens with one attached hydrogen (secondary N) is 1. The molecule has 21 heavy (non-hydrogen) atoms. The zero-order valence-electron chi connectivity index (χ0n) is 10.9. The molecule has 0 amide bonds. The van der Waals surface area contributed by atoms with Crippen LogP contribution in [0.3, 0.4) is 0 Å².